The largest absolute Gasteiger partial charge is 0.385 e. The molecule has 0 saturated carbocycles. The molecule has 0 aliphatic carbocycles. The van der Waals surface area contributed by atoms with Crippen LogP contribution in [0.15, 0.2) is 18.2 Å². The van der Waals surface area contributed by atoms with E-state index in [9.17, 15) is 0 Å². The smallest absolute Gasteiger partial charge is 0.0388 e. The molecule has 0 amide bonds. The summed E-state index contributed by atoms with van der Waals surface area (Å²) in [6, 6.07) is 6.29. The molecule has 1 aromatic rings. The average Bonchev–Trinajstić information content (AvgIpc) is 2.05. The monoisotopic (exact) mass is 164 g/mol. The standard InChI is InChI=1S/C10H16N2/c1-3-12-10-6-8(2)4-5-9(10)7-11/h4-6,12H,3,7,11H2,1-2H3. The summed E-state index contributed by atoms with van der Waals surface area (Å²) in [4.78, 5) is 0. The van der Waals surface area contributed by atoms with Gasteiger partial charge in [-0.2, -0.15) is 0 Å². The highest BCUT2D eigenvalue weighted by atomic mass is 14.9. The van der Waals surface area contributed by atoms with Crippen LogP contribution in [-0.2, 0) is 6.54 Å². The Morgan fingerprint density at radius 1 is 1.42 bits per heavy atom. The minimum Gasteiger partial charge on any atom is -0.385 e. The highest BCUT2D eigenvalue weighted by Crippen LogP contribution is 2.16. The molecule has 0 unspecified atom stereocenters. The highest BCUT2D eigenvalue weighted by molar-refractivity contribution is 5.52. The van der Waals surface area contributed by atoms with Crippen LogP contribution in [0.25, 0.3) is 0 Å². The average molecular weight is 164 g/mol. The molecule has 0 spiro atoms. The molecule has 12 heavy (non-hydrogen) atoms. The molecular formula is C10H16N2. The number of rotatable bonds is 3. The Hall–Kier alpha value is -1.02. The summed E-state index contributed by atoms with van der Waals surface area (Å²) in [7, 11) is 0. The predicted molar refractivity (Wildman–Crippen MR) is 53.2 cm³/mol. The van der Waals surface area contributed by atoms with Gasteiger partial charge in [0.2, 0.25) is 0 Å². The van der Waals surface area contributed by atoms with E-state index in [1.807, 2.05) is 0 Å². The Morgan fingerprint density at radius 3 is 2.75 bits per heavy atom. The fraction of sp³-hybridized carbons (Fsp3) is 0.400. The number of aryl methyl sites for hydroxylation is 1. The third-order valence-electron chi connectivity index (χ3n) is 1.85. The van der Waals surface area contributed by atoms with E-state index in [4.69, 9.17) is 5.73 Å². The van der Waals surface area contributed by atoms with Crippen molar-refractivity contribution in [3.05, 3.63) is 29.3 Å². The van der Waals surface area contributed by atoms with Crippen molar-refractivity contribution in [2.24, 2.45) is 5.73 Å². The third kappa shape index (κ3) is 1.98. The normalized spacial score (nSPS) is 9.92. The van der Waals surface area contributed by atoms with Crippen LogP contribution in [0.5, 0.6) is 0 Å². The lowest BCUT2D eigenvalue weighted by molar-refractivity contribution is 1.06. The van der Waals surface area contributed by atoms with Crippen LogP contribution >= 0.6 is 0 Å². The summed E-state index contributed by atoms with van der Waals surface area (Å²) in [6.07, 6.45) is 0. The zero-order valence-electron chi connectivity index (χ0n) is 7.72. The second-order valence-electron chi connectivity index (χ2n) is 2.90. The molecule has 2 heteroatoms. The van der Waals surface area contributed by atoms with Gasteiger partial charge in [-0.15, -0.1) is 0 Å². The maximum atomic E-state index is 5.59. The number of anilines is 1. The number of benzene rings is 1. The van der Waals surface area contributed by atoms with Crippen LogP contribution < -0.4 is 11.1 Å². The van der Waals surface area contributed by atoms with Crippen molar-refractivity contribution >= 4 is 5.69 Å². The highest BCUT2D eigenvalue weighted by Gasteiger charge is 1.98. The van der Waals surface area contributed by atoms with E-state index in [0.717, 1.165) is 6.54 Å². The fourth-order valence-electron chi connectivity index (χ4n) is 1.22. The van der Waals surface area contributed by atoms with E-state index < -0.39 is 0 Å². The van der Waals surface area contributed by atoms with Gasteiger partial charge in [-0.3, -0.25) is 0 Å². The topological polar surface area (TPSA) is 38.0 Å². The zero-order valence-corrected chi connectivity index (χ0v) is 7.72. The van der Waals surface area contributed by atoms with Gasteiger partial charge in [0, 0.05) is 18.8 Å². The maximum Gasteiger partial charge on any atom is 0.0388 e. The first kappa shape index (κ1) is 9.07. The molecule has 3 N–H and O–H groups in total. The van der Waals surface area contributed by atoms with Gasteiger partial charge in [0.05, 0.1) is 0 Å². The van der Waals surface area contributed by atoms with Gasteiger partial charge >= 0.3 is 0 Å². The Morgan fingerprint density at radius 2 is 2.17 bits per heavy atom. The minimum absolute atomic E-state index is 0.600. The summed E-state index contributed by atoms with van der Waals surface area (Å²) >= 11 is 0. The minimum atomic E-state index is 0.600. The summed E-state index contributed by atoms with van der Waals surface area (Å²) in [5.74, 6) is 0. The summed E-state index contributed by atoms with van der Waals surface area (Å²) in [5, 5.41) is 3.29. The second kappa shape index (κ2) is 4.12. The Bertz CT molecular complexity index is 256. The quantitative estimate of drug-likeness (QED) is 0.716. The predicted octanol–water partition coefficient (Wildman–Crippen LogP) is 1.89. The first-order valence-electron chi connectivity index (χ1n) is 4.31. The van der Waals surface area contributed by atoms with Gasteiger partial charge in [0.1, 0.15) is 0 Å². The lowest BCUT2D eigenvalue weighted by Gasteiger charge is -2.09. The van der Waals surface area contributed by atoms with Gasteiger partial charge in [0.25, 0.3) is 0 Å². The molecule has 1 aromatic carbocycles. The van der Waals surface area contributed by atoms with E-state index >= 15 is 0 Å². The number of nitrogens with two attached hydrogens (primary N) is 1. The summed E-state index contributed by atoms with van der Waals surface area (Å²) in [5.41, 5.74) is 9.21. The molecule has 0 saturated heterocycles. The van der Waals surface area contributed by atoms with Crippen LogP contribution in [0, 0.1) is 6.92 Å². The van der Waals surface area contributed by atoms with Crippen molar-refractivity contribution in [2.45, 2.75) is 20.4 Å². The molecule has 0 bridgehead atoms. The molecule has 0 aromatic heterocycles. The van der Waals surface area contributed by atoms with E-state index in [-0.39, 0.29) is 0 Å². The van der Waals surface area contributed by atoms with Gasteiger partial charge in [-0.05, 0) is 31.0 Å². The fourth-order valence-corrected chi connectivity index (χ4v) is 1.22. The third-order valence-corrected chi connectivity index (χ3v) is 1.85. The van der Waals surface area contributed by atoms with E-state index in [2.05, 4.69) is 37.4 Å². The van der Waals surface area contributed by atoms with Crippen molar-refractivity contribution in [2.75, 3.05) is 11.9 Å². The molecule has 66 valence electrons. The Labute approximate surface area is 73.8 Å². The number of hydrogen-bond donors (Lipinski definition) is 2. The van der Waals surface area contributed by atoms with Gasteiger partial charge in [0.15, 0.2) is 0 Å². The maximum absolute atomic E-state index is 5.59. The van der Waals surface area contributed by atoms with E-state index in [0.29, 0.717) is 6.54 Å². The van der Waals surface area contributed by atoms with Crippen LogP contribution in [-0.4, -0.2) is 6.54 Å². The SMILES string of the molecule is CCNc1cc(C)ccc1CN. The van der Waals surface area contributed by atoms with Gasteiger partial charge < -0.3 is 11.1 Å². The van der Waals surface area contributed by atoms with Crippen molar-refractivity contribution in [1.82, 2.24) is 0 Å². The van der Waals surface area contributed by atoms with Crippen LogP contribution in [0.1, 0.15) is 18.1 Å². The van der Waals surface area contributed by atoms with E-state index in [1.165, 1.54) is 16.8 Å². The van der Waals surface area contributed by atoms with Crippen molar-refractivity contribution in [3.8, 4) is 0 Å². The van der Waals surface area contributed by atoms with Crippen LogP contribution in [0.2, 0.25) is 0 Å². The first-order valence-corrected chi connectivity index (χ1v) is 4.31. The molecule has 1 rings (SSSR count). The lowest BCUT2D eigenvalue weighted by atomic mass is 10.1. The number of nitrogens with one attached hydrogen (secondary N) is 1. The molecule has 0 heterocycles. The zero-order chi connectivity index (χ0) is 8.97. The molecular weight excluding hydrogens is 148 g/mol. The first-order chi connectivity index (χ1) is 5.77. The molecule has 0 atom stereocenters. The lowest BCUT2D eigenvalue weighted by Crippen LogP contribution is -2.04. The molecule has 0 aliphatic heterocycles. The summed E-state index contributed by atoms with van der Waals surface area (Å²) < 4.78 is 0. The number of hydrogen-bond acceptors (Lipinski definition) is 2. The van der Waals surface area contributed by atoms with Gasteiger partial charge in [-0.1, -0.05) is 12.1 Å². The van der Waals surface area contributed by atoms with Crippen LogP contribution in [0.4, 0.5) is 5.69 Å². The molecule has 0 aliphatic rings. The Kier molecular flexibility index (Phi) is 3.11. The van der Waals surface area contributed by atoms with E-state index in [1.54, 1.807) is 0 Å². The van der Waals surface area contributed by atoms with Crippen molar-refractivity contribution < 1.29 is 0 Å². The Balaban J connectivity index is 2.95. The second-order valence-corrected chi connectivity index (χ2v) is 2.90. The van der Waals surface area contributed by atoms with Gasteiger partial charge in [-0.25, -0.2) is 0 Å². The summed E-state index contributed by atoms with van der Waals surface area (Å²) in [6.45, 7) is 5.71. The van der Waals surface area contributed by atoms with Crippen LogP contribution in [0.3, 0.4) is 0 Å². The molecule has 0 fully saturated rings. The van der Waals surface area contributed by atoms with Crippen molar-refractivity contribution in [3.63, 3.8) is 0 Å². The molecule has 0 radical (unpaired) electrons. The molecule has 2 nitrogen and oxygen atoms in total. The van der Waals surface area contributed by atoms with Crippen molar-refractivity contribution in [1.29, 1.82) is 0 Å².